The molecule has 0 aliphatic carbocycles. The first-order valence-corrected chi connectivity index (χ1v) is 9.44. The van der Waals surface area contributed by atoms with Crippen LogP contribution in [0.3, 0.4) is 0 Å². The zero-order valence-corrected chi connectivity index (χ0v) is 15.9. The van der Waals surface area contributed by atoms with Crippen molar-refractivity contribution in [1.82, 2.24) is 0 Å². The van der Waals surface area contributed by atoms with E-state index in [1.54, 1.807) is 0 Å². The van der Waals surface area contributed by atoms with Crippen molar-refractivity contribution in [3.8, 4) is 11.5 Å². The first-order valence-electron chi connectivity index (χ1n) is 9.06. The van der Waals surface area contributed by atoms with E-state index in [1.165, 1.54) is 19.3 Å². The van der Waals surface area contributed by atoms with Crippen LogP contribution in [0, 0.1) is 0 Å². The highest BCUT2D eigenvalue weighted by Crippen LogP contribution is 2.19. The van der Waals surface area contributed by atoms with Gasteiger partial charge in [-0.05, 0) is 49.7 Å². The molecule has 2 aromatic rings. The second kappa shape index (κ2) is 10.9. The number of benzene rings is 2. The molecule has 0 aliphatic heterocycles. The Morgan fingerprint density at radius 1 is 1.00 bits per heavy atom. The van der Waals surface area contributed by atoms with Gasteiger partial charge in [-0.2, -0.15) is 0 Å². The van der Waals surface area contributed by atoms with Crippen LogP contribution in [0.5, 0.6) is 11.5 Å². The molecule has 1 atom stereocenters. The molecular formula is C21H28ClNO2. The van der Waals surface area contributed by atoms with Gasteiger partial charge in [0.25, 0.3) is 0 Å². The molecule has 0 radical (unpaired) electrons. The Bertz CT molecular complexity index is 616. The van der Waals surface area contributed by atoms with Crippen LogP contribution in [0.25, 0.3) is 0 Å². The molecule has 1 unspecified atom stereocenters. The minimum absolute atomic E-state index is 0.0415. The van der Waals surface area contributed by atoms with Crippen molar-refractivity contribution in [2.24, 2.45) is 0 Å². The van der Waals surface area contributed by atoms with Crippen molar-refractivity contribution < 1.29 is 9.47 Å². The molecule has 0 amide bonds. The topological polar surface area (TPSA) is 30.5 Å². The lowest BCUT2D eigenvalue weighted by atomic mass is 10.2. The smallest absolute Gasteiger partial charge is 0.121 e. The van der Waals surface area contributed by atoms with Gasteiger partial charge in [-0.1, -0.05) is 43.9 Å². The molecule has 0 heterocycles. The van der Waals surface area contributed by atoms with E-state index in [0.29, 0.717) is 11.6 Å². The molecular weight excluding hydrogens is 334 g/mol. The molecule has 0 aliphatic rings. The highest BCUT2D eigenvalue weighted by molar-refractivity contribution is 6.30. The lowest BCUT2D eigenvalue weighted by Crippen LogP contribution is -2.22. The summed E-state index contributed by atoms with van der Waals surface area (Å²) in [5.74, 6) is 1.73. The zero-order valence-electron chi connectivity index (χ0n) is 15.1. The number of nitrogens with one attached hydrogen (secondary N) is 1. The lowest BCUT2D eigenvalue weighted by molar-refractivity contribution is 0.234. The maximum Gasteiger partial charge on any atom is 0.121 e. The number of hydrogen-bond donors (Lipinski definition) is 1. The second-order valence-corrected chi connectivity index (χ2v) is 6.64. The number of unbranched alkanes of at least 4 members (excludes halogenated alkanes) is 3. The normalized spacial score (nSPS) is 11.8. The van der Waals surface area contributed by atoms with E-state index < -0.39 is 0 Å². The minimum Gasteiger partial charge on any atom is -0.494 e. The van der Waals surface area contributed by atoms with Gasteiger partial charge < -0.3 is 14.8 Å². The van der Waals surface area contributed by atoms with Crippen LogP contribution in [-0.4, -0.2) is 19.3 Å². The zero-order chi connectivity index (χ0) is 17.9. The van der Waals surface area contributed by atoms with E-state index in [-0.39, 0.29) is 6.10 Å². The standard InChI is InChI=1S/C21H28ClNO2/c1-3-4-5-6-14-24-21-9-7-8-19(15-21)23-16-17(2)25-20-12-10-18(22)11-13-20/h7-13,15,17,23H,3-6,14,16H2,1-2H3. The molecule has 2 aromatic carbocycles. The molecule has 0 spiro atoms. The largest absolute Gasteiger partial charge is 0.494 e. The fourth-order valence-corrected chi connectivity index (χ4v) is 2.59. The summed E-state index contributed by atoms with van der Waals surface area (Å²) in [7, 11) is 0. The van der Waals surface area contributed by atoms with Gasteiger partial charge in [-0.15, -0.1) is 0 Å². The van der Waals surface area contributed by atoms with Crippen molar-refractivity contribution in [3.05, 3.63) is 53.6 Å². The Morgan fingerprint density at radius 3 is 2.56 bits per heavy atom. The van der Waals surface area contributed by atoms with Crippen LogP contribution in [0.15, 0.2) is 48.5 Å². The summed E-state index contributed by atoms with van der Waals surface area (Å²) in [6.07, 6.45) is 4.90. The predicted octanol–water partition coefficient (Wildman–Crippen LogP) is 6.18. The predicted molar refractivity (Wildman–Crippen MR) is 106 cm³/mol. The maximum atomic E-state index is 5.89. The molecule has 25 heavy (non-hydrogen) atoms. The van der Waals surface area contributed by atoms with Crippen LogP contribution in [-0.2, 0) is 0 Å². The van der Waals surface area contributed by atoms with Gasteiger partial charge in [-0.3, -0.25) is 0 Å². The first kappa shape index (κ1) is 19.5. The average molecular weight is 362 g/mol. The monoisotopic (exact) mass is 361 g/mol. The van der Waals surface area contributed by atoms with Crippen LogP contribution in [0.2, 0.25) is 5.02 Å². The highest BCUT2D eigenvalue weighted by atomic mass is 35.5. The van der Waals surface area contributed by atoms with E-state index in [0.717, 1.165) is 30.2 Å². The first-order chi connectivity index (χ1) is 12.2. The molecule has 0 bridgehead atoms. The SMILES string of the molecule is CCCCCCOc1cccc(NCC(C)Oc2ccc(Cl)cc2)c1. The molecule has 0 fully saturated rings. The van der Waals surface area contributed by atoms with E-state index in [4.69, 9.17) is 21.1 Å². The summed E-state index contributed by atoms with van der Waals surface area (Å²) in [6, 6.07) is 15.5. The summed E-state index contributed by atoms with van der Waals surface area (Å²) in [4.78, 5) is 0. The molecule has 3 nitrogen and oxygen atoms in total. The molecule has 0 saturated carbocycles. The Labute approximate surface area is 156 Å². The molecule has 0 saturated heterocycles. The van der Waals surface area contributed by atoms with Crippen LogP contribution >= 0.6 is 11.6 Å². The fourth-order valence-electron chi connectivity index (χ4n) is 2.46. The van der Waals surface area contributed by atoms with Gasteiger partial charge >= 0.3 is 0 Å². The van der Waals surface area contributed by atoms with E-state index in [9.17, 15) is 0 Å². The van der Waals surface area contributed by atoms with Crippen molar-refractivity contribution in [2.45, 2.75) is 45.6 Å². The molecule has 2 rings (SSSR count). The van der Waals surface area contributed by atoms with Crippen LogP contribution in [0.4, 0.5) is 5.69 Å². The lowest BCUT2D eigenvalue weighted by Gasteiger charge is -2.16. The van der Waals surface area contributed by atoms with E-state index >= 15 is 0 Å². The Balaban J connectivity index is 1.74. The maximum absolute atomic E-state index is 5.89. The Morgan fingerprint density at radius 2 is 1.80 bits per heavy atom. The van der Waals surface area contributed by atoms with Gasteiger partial charge in [0.15, 0.2) is 0 Å². The van der Waals surface area contributed by atoms with E-state index in [1.807, 2.05) is 55.5 Å². The fraction of sp³-hybridized carbons (Fsp3) is 0.429. The van der Waals surface area contributed by atoms with Gasteiger partial charge in [0.05, 0.1) is 13.2 Å². The third kappa shape index (κ3) is 7.70. The van der Waals surface area contributed by atoms with Gasteiger partial charge in [0.2, 0.25) is 0 Å². The van der Waals surface area contributed by atoms with Gasteiger partial charge in [0.1, 0.15) is 17.6 Å². The summed E-state index contributed by atoms with van der Waals surface area (Å²) in [5.41, 5.74) is 1.04. The Kier molecular flexibility index (Phi) is 8.47. The molecule has 0 aromatic heterocycles. The third-order valence-electron chi connectivity index (χ3n) is 3.85. The number of hydrogen-bond acceptors (Lipinski definition) is 3. The third-order valence-corrected chi connectivity index (χ3v) is 4.10. The van der Waals surface area contributed by atoms with Crippen molar-refractivity contribution in [3.63, 3.8) is 0 Å². The van der Waals surface area contributed by atoms with Gasteiger partial charge in [0, 0.05) is 16.8 Å². The van der Waals surface area contributed by atoms with E-state index in [2.05, 4.69) is 12.2 Å². The van der Waals surface area contributed by atoms with Crippen LogP contribution in [0.1, 0.15) is 39.5 Å². The van der Waals surface area contributed by atoms with Gasteiger partial charge in [-0.25, -0.2) is 0 Å². The summed E-state index contributed by atoms with van der Waals surface area (Å²) in [6.45, 7) is 5.74. The van der Waals surface area contributed by atoms with Crippen molar-refractivity contribution >= 4 is 17.3 Å². The van der Waals surface area contributed by atoms with Crippen molar-refractivity contribution in [1.29, 1.82) is 0 Å². The quantitative estimate of drug-likeness (QED) is 0.485. The number of anilines is 1. The second-order valence-electron chi connectivity index (χ2n) is 6.20. The average Bonchev–Trinajstić information content (AvgIpc) is 2.62. The molecule has 1 N–H and O–H groups in total. The Hall–Kier alpha value is -1.87. The number of rotatable bonds is 11. The minimum atomic E-state index is 0.0415. The summed E-state index contributed by atoms with van der Waals surface area (Å²) < 4.78 is 11.7. The van der Waals surface area contributed by atoms with Crippen molar-refractivity contribution in [2.75, 3.05) is 18.5 Å². The summed E-state index contributed by atoms with van der Waals surface area (Å²) in [5, 5.41) is 4.11. The molecule has 136 valence electrons. The number of ether oxygens (including phenoxy) is 2. The number of halogens is 1. The summed E-state index contributed by atoms with van der Waals surface area (Å²) >= 11 is 5.89. The van der Waals surface area contributed by atoms with Crippen LogP contribution < -0.4 is 14.8 Å². The molecule has 4 heteroatoms. The highest BCUT2D eigenvalue weighted by Gasteiger charge is 2.05.